The van der Waals surface area contributed by atoms with Crippen LogP contribution < -0.4 is 15.4 Å². The number of pyridine rings is 1. The SMILES string of the molecule is COc1ccccc1Nc1cc(C(=O)NCCc2cccc(Cl)c2)ccn1. The van der Waals surface area contributed by atoms with Gasteiger partial charge in [-0.05, 0) is 48.4 Å². The number of carbonyl (C=O) groups excluding carboxylic acids is 1. The van der Waals surface area contributed by atoms with Gasteiger partial charge in [-0.3, -0.25) is 4.79 Å². The second-order valence-electron chi connectivity index (χ2n) is 5.89. The highest BCUT2D eigenvalue weighted by molar-refractivity contribution is 6.30. The van der Waals surface area contributed by atoms with Gasteiger partial charge in [0, 0.05) is 23.3 Å². The van der Waals surface area contributed by atoms with Crippen LogP contribution in [0.2, 0.25) is 5.02 Å². The molecule has 0 saturated heterocycles. The topological polar surface area (TPSA) is 63.2 Å². The van der Waals surface area contributed by atoms with Crippen molar-refractivity contribution in [2.75, 3.05) is 19.0 Å². The Morgan fingerprint density at radius 1 is 1.11 bits per heavy atom. The number of anilines is 2. The Bertz CT molecular complexity index is 931. The van der Waals surface area contributed by atoms with Crippen LogP contribution in [-0.2, 0) is 6.42 Å². The predicted octanol–water partition coefficient (Wildman–Crippen LogP) is 4.46. The lowest BCUT2D eigenvalue weighted by Crippen LogP contribution is -2.25. The van der Waals surface area contributed by atoms with E-state index in [1.807, 2.05) is 48.5 Å². The first-order valence-corrected chi connectivity index (χ1v) is 8.92. The van der Waals surface area contributed by atoms with Crippen LogP contribution in [0.4, 0.5) is 11.5 Å². The molecular formula is C21H20ClN3O2. The lowest BCUT2D eigenvalue weighted by Gasteiger charge is -2.11. The number of nitrogens with zero attached hydrogens (tertiary/aromatic N) is 1. The molecule has 0 aliphatic carbocycles. The van der Waals surface area contributed by atoms with Gasteiger partial charge in [0.2, 0.25) is 0 Å². The third-order valence-corrected chi connectivity index (χ3v) is 4.22. The largest absolute Gasteiger partial charge is 0.495 e. The molecule has 27 heavy (non-hydrogen) atoms. The maximum atomic E-state index is 12.4. The zero-order chi connectivity index (χ0) is 19.1. The molecule has 5 nitrogen and oxygen atoms in total. The van der Waals surface area contributed by atoms with Gasteiger partial charge in [0.25, 0.3) is 5.91 Å². The standard InChI is InChI=1S/C21H20ClN3O2/c1-27-19-8-3-2-7-18(19)25-20-14-16(10-12-23-20)21(26)24-11-9-15-5-4-6-17(22)13-15/h2-8,10,12-14H,9,11H2,1H3,(H,23,25)(H,24,26). The lowest BCUT2D eigenvalue weighted by molar-refractivity contribution is 0.0954. The van der Waals surface area contributed by atoms with Crippen LogP contribution in [-0.4, -0.2) is 24.5 Å². The van der Waals surface area contributed by atoms with E-state index < -0.39 is 0 Å². The van der Waals surface area contributed by atoms with Crippen molar-refractivity contribution in [3.63, 3.8) is 0 Å². The molecule has 0 unspecified atom stereocenters. The number of halogens is 1. The molecule has 1 amide bonds. The Morgan fingerprint density at radius 2 is 1.96 bits per heavy atom. The average Bonchev–Trinajstić information content (AvgIpc) is 2.68. The van der Waals surface area contributed by atoms with Crippen LogP contribution in [0.3, 0.4) is 0 Å². The molecule has 2 aromatic carbocycles. The number of hydrogen-bond donors (Lipinski definition) is 2. The Labute approximate surface area is 163 Å². The van der Waals surface area contributed by atoms with Crippen molar-refractivity contribution >= 4 is 29.0 Å². The van der Waals surface area contributed by atoms with E-state index >= 15 is 0 Å². The molecule has 0 aliphatic heterocycles. The summed E-state index contributed by atoms with van der Waals surface area (Å²) < 4.78 is 5.32. The van der Waals surface area contributed by atoms with Gasteiger partial charge < -0.3 is 15.4 Å². The Balaban J connectivity index is 1.61. The van der Waals surface area contributed by atoms with Gasteiger partial charge in [0.05, 0.1) is 12.8 Å². The molecule has 1 heterocycles. The first kappa shape index (κ1) is 18.7. The van der Waals surface area contributed by atoms with Crippen LogP contribution >= 0.6 is 11.6 Å². The van der Waals surface area contributed by atoms with Crippen molar-refractivity contribution in [2.45, 2.75) is 6.42 Å². The number of rotatable bonds is 7. The minimum Gasteiger partial charge on any atom is -0.495 e. The third-order valence-electron chi connectivity index (χ3n) is 3.98. The van der Waals surface area contributed by atoms with Crippen LogP contribution in [0.15, 0.2) is 66.9 Å². The summed E-state index contributed by atoms with van der Waals surface area (Å²) in [6.07, 6.45) is 2.31. The number of carbonyl (C=O) groups is 1. The summed E-state index contributed by atoms with van der Waals surface area (Å²) in [7, 11) is 1.61. The number of benzene rings is 2. The molecule has 3 rings (SSSR count). The van der Waals surface area contributed by atoms with Crippen LogP contribution in [0, 0.1) is 0 Å². The van der Waals surface area contributed by atoms with Crippen LogP contribution in [0.1, 0.15) is 15.9 Å². The number of amides is 1. The second kappa shape index (κ2) is 9.05. The van der Waals surface area contributed by atoms with Gasteiger partial charge in [-0.25, -0.2) is 4.98 Å². The first-order chi connectivity index (χ1) is 13.2. The predicted molar refractivity (Wildman–Crippen MR) is 108 cm³/mol. The number of para-hydroxylation sites is 2. The van der Waals surface area contributed by atoms with Crippen molar-refractivity contribution in [3.8, 4) is 5.75 Å². The molecule has 6 heteroatoms. The minimum absolute atomic E-state index is 0.150. The van der Waals surface area contributed by atoms with Crippen molar-refractivity contribution < 1.29 is 9.53 Å². The maximum absolute atomic E-state index is 12.4. The number of methoxy groups -OCH3 is 1. The van der Waals surface area contributed by atoms with E-state index in [1.165, 1.54) is 0 Å². The van der Waals surface area contributed by atoms with E-state index in [0.717, 1.165) is 11.3 Å². The quantitative estimate of drug-likeness (QED) is 0.634. The second-order valence-corrected chi connectivity index (χ2v) is 6.33. The lowest BCUT2D eigenvalue weighted by atomic mass is 10.1. The zero-order valence-electron chi connectivity index (χ0n) is 14.9. The van der Waals surface area contributed by atoms with Gasteiger partial charge in [-0.15, -0.1) is 0 Å². The number of ether oxygens (including phenoxy) is 1. The van der Waals surface area contributed by atoms with Gasteiger partial charge in [-0.1, -0.05) is 35.9 Å². The molecule has 0 saturated carbocycles. The van der Waals surface area contributed by atoms with Gasteiger partial charge in [0.1, 0.15) is 11.6 Å². The Hall–Kier alpha value is -3.05. The fourth-order valence-corrected chi connectivity index (χ4v) is 2.85. The normalized spacial score (nSPS) is 10.3. The summed E-state index contributed by atoms with van der Waals surface area (Å²) in [5.41, 5.74) is 2.40. The number of nitrogens with one attached hydrogen (secondary N) is 2. The summed E-state index contributed by atoms with van der Waals surface area (Å²) >= 11 is 5.98. The van der Waals surface area contributed by atoms with E-state index in [1.54, 1.807) is 25.4 Å². The van der Waals surface area contributed by atoms with Crippen molar-refractivity contribution in [1.82, 2.24) is 10.3 Å². The molecule has 0 aliphatic rings. The minimum atomic E-state index is -0.150. The highest BCUT2D eigenvalue weighted by Crippen LogP contribution is 2.26. The fourth-order valence-electron chi connectivity index (χ4n) is 2.64. The van der Waals surface area contributed by atoms with E-state index in [2.05, 4.69) is 15.6 Å². The molecule has 1 aromatic heterocycles. The fraction of sp³-hybridized carbons (Fsp3) is 0.143. The molecule has 0 radical (unpaired) electrons. The smallest absolute Gasteiger partial charge is 0.251 e. The van der Waals surface area contributed by atoms with Gasteiger partial charge >= 0.3 is 0 Å². The third kappa shape index (κ3) is 5.21. The average molecular weight is 382 g/mol. The molecule has 3 aromatic rings. The summed E-state index contributed by atoms with van der Waals surface area (Å²) in [4.78, 5) is 16.7. The molecule has 0 spiro atoms. The van der Waals surface area contributed by atoms with Crippen molar-refractivity contribution in [2.24, 2.45) is 0 Å². The summed E-state index contributed by atoms with van der Waals surface area (Å²) in [5, 5.41) is 6.79. The van der Waals surface area contributed by atoms with Crippen molar-refractivity contribution in [3.05, 3.63) is 83.0 Å². The molecule has 2 N–H and O–H groups in total. The van der Waals surface area contributed by atoms with E-state index in [0.29, 0.717) is 35.1 Å². The molecule has 138 valence electrons. The van der Waals surface area contributed by atoms with E-state index in [4.69, 9.17) is 16.3 Å². The Kier molecular flexibility index (Phi) is 6.28. The molecule has 0 fully saturated rings. The van der Waals surface area contributed by atoms with Crippen LogP contribution in [0.25, 0.3) is 0 Å². The van der Waals surface area contributed by atoms with Crippen molar-refractivity contribution in [1.29, 1.82) is 0 Å². The summed E-state index contributed by atoms with van der Waals surface area (Å²) in [5.74, 6) is 1.13. The molecule has 0 atom stereocenters. The van der Waals surface area contributed by atoms with Gasteiger partial charge in [-0.2, -0.15) is 0 Å². The zero-order valence-corrected chi connectivity index (χ0v) is 15.7. The van der Waals surface area contributed by atoms with E-state index in [-0.39, 0.29) is 5.91 Å². The first-order valence-electron chi connectivity index (χ1n) is 8.54. The van der Waals surface area contributed by atoms with Gasteiger partial charge in [0.15, 0.2) is 0 Å². The highest BCUT2D eigenvalue weighted by atomic mass is 35.5. The molecule has 0 bridgehead atoms. The Morgan fingerprint density at radius 3 is 2.78 bits per heavy atom. The number of aromatic nitrogens is 1. The monoisotopic (exact) mass is 381 g/mol. The van der Waals surface area contributed by atoms with Crippen LogP contribution in [0.5, 0.6) is 5.75 Å². The van der Waals surface area contributed by atoms with E-state index in [9.17, 15) is 4.79 Å². The maximum Gasteiger partial charge on any atom is 0.251 e. The number of hydrogen-bond acceptors (Lipinski definition) is 4. The highest BCUT2D eigenvalue weighted by Gasteiger charge is 2.08. The summed E-state index contributed by atoms with van der Waals surface area (Å²) in [6.45, 7) is 0.525. The molecular weight excluding hydrogens is 362 g/mol. The summed E-state index contributed by atoms with van der Waals surface area (Å²) in [6, 6.07) is 18.5.